The van der Waals surface area contributed by atoms with Gasteiger partial charge in [0.25, 0.3) is 0 Å². The van der Waals surface area contributed by atoms with E-state index >= 15 is 0 Å². The Hall–Kier alpha value is -4.77. The van der Waals surface area contributed by atoms with E-state index in [0.717, 1.165) is 58.6 Å². The minimum atomic E-state index is 0.387. The van der Waals surface area contributed by atoms with Crippen LogP contribution in [0.5, 0.6) is 0 Å². The Morgan fingerprint density at radius 1 is 1.10 bits per heavy atom. The standard InChI is InChI=1S/C43H56N6/c1-9-39(48-43(45)26-34(7)44)25-32(5)24-33(6)37-17-12-15-35(20-22-37)16-13-19-41-27-40(10-2)49(41)30-36-21-23-42(47-28-36)38(29-46-8)18-11-14-31(3)4/h9,11-14,16-18,20-26,28-29,31,40-41H,10,19,27,30,44H2,1-8H3,(H2,45,48)/b14-11+,16-13-,32-25-,33-24+,34-26-,38-18+,39-9-,46-29?. The number of aliphatic imine (C=N–C) groups is 2. The molecule has 0 amide bonds. The zero-order chi connectivity index (χ0) is 35.8. The van der Waals surface area contributed by atoms with E-state index in [1.165, 1.54) is 12.0 Å². The molecule has 0 aromatic carbocycles. The first-order valence-electron chi connectivity index (χ1n) is 17.4. The van der Waals surface area contributed by atoms with E-state index in [2.05, 4.69) is 122 Å². The summed E-state index contributed by atoms with van der Waals surface area (Å²) in [5, 5.41) is 0. The molecule has 2 unspecified atom stereocenters. The van der Waals surface area contributed by atoms with Gasteiger partial charge in [-0.2, -0.15) is 0 Å². The Morgan fingerprint density at radius 3 is 2.55 bits per heavy atom. The number of amidine groups is 1. The van der Waals surface area contributed by atoms with Crippen LogP contribution in [-0.2, 0) is 6.54 Å². The minimum Gasteiger partial charge on any atom is -0.402 e. The third-order valence-electron chi connectivity index (χ3n) is 8.34. The molecule has 1 fully saturated rings. The number of nitrogens with zero attached hydrogens (tertiary/aromatic N) is 4. The Bertz CT molecular complexity index is 1690. The van der Waals surface area contributed by atoms with Crippen molar-refractivity contribution < 1.29 is 0 Å². The van der Waals surface area contributed by atoms with Crippen molar-refractivity contribution in [2.24, 2.45) is 27.4 Å². The van der Waals surface area contributed by atoms with Crippen molar-refractivity contribution in [3.8, 4) is 0 Å². The van der Waals surface area contributed by atoms with Gasteiger partial charge in [0.1, 0.15) is 5.84 Å². The number of hydrogen-bond acceptors (Lipinski definition) is 5. The van der Waals surface area contributed by atoms with Crippen molar-refractivity contribution in [2.45, 2.75) is 86.4 Å². The van der Waals surface area contributed by atoms with E-state index in [0.29, 0.717) is 29.5 Å². The molecule has 0 bridgehead atoms. The summed E-state index contributed by atoms with van der Waals surface area (Å²) in [4.78, 5) is 16.1. The summed E-state index contributed by atoms with van der Waals surface area (Å²) in [5.74, 6) is 0.890. The van der Waals surface area contributed by atoms with Crippen LogP contribution in [0.4, 0.5) is 0 Å². The fourth-order valence-corrected chi connectivity index (χ4v) is 5.77. The molecule has 1 aromatic rings. The first-order chi connectivity index (χ1) is 23.5. The second-order valence-corrected chi connectivity index (χ2v) is 13.0. The van der Waals surface area contributed by atoms with Gasteiger partial charge in [-0.3, -0.25) is 14.9 Å². The summed E-state index contributed by atoms with van der Waals surface area (Å²) < 4.78 is 0. The summed E-state index contributed by atoms with van der Waals surface area (Å²) in [5.41, 5.74) is 24.2. The van der Waals surface area contributed by atoms with Crippen LogP contribution in [-0.4, -0.2) is 41.1 Å². The number of rotatable bonds is 15. The Labute approximate surface area is 295 Å². The molecule has 0 radical (unpaired) electrons. The molecule has 2 heterocycles. The molecule has 1 aliphatic heterocycles. The fourth-order valence-electron chi connectivity index (χ4n) is 5.77. The van der Waals surface area contributed by atoms with Crippen LogP contribution >= 0.6 is 0 Å². The average molecular weight is 657 g/mol. The van der Waals surface area contributed by atoms with Crippen LogP contribution in [0.1, 0.15) is 79.0 Å². The van der Waals surface area contributed by atoms with Gasteiger partial charge in [0.15, 0.2) is 0 Å². The highest BCUT2D eigenvalue weighted by atomic mass is 15.2. The van der Waals surface area contributed by atoms with Crippen LogP contribution in [0.2, 0.25) is 0 Å². The van der Waals surface area contributed by atoms with Crippen LogP contribution in [0.15, 0.2) is 147 Å². The predicted octanol–water partition coefficient (Wildman–Crippen LogP) is 9.27. The molecule has 258 valence electrons. The number of aromatic nitrogens is 1. The number of hydrogen-bond donors (Lipinski definition) is 2. The van der Waals surface area contributed by atoms with Gasteiger partial charge in [-0.05, 0) is 112 Å². The molecule has 4 N–H and O–H groups in total. The summed E-state index contributed by atoms with van der Waals surface area (Å²) >= 11 is 0. The second kappa shape index (κ2) is 19.9. The normalized spacial score (nSPS) is 20.5. The van der Waals surface area contributed by atoms with Gasteiger partial charge >= 0.3 is 0 Å². The fraction of sp³-hybridized carbons (Fsp3) is 0.349. The summed E-state index contributed by atoms with van der Waals surface area (Å²) in [6, 6.07) is 5.45. The number of likely N-dealkylation sites (tertiary alicyclic amines) is 1. The van der Waals surface area contributed by atoms with Crippen molar-refractivity contribution in [2.75, 3.05) is 7.05 Å². The van der Waals surface area contributed by atoms with Gasteiger partial charge in [-0.1, -0.05) is 75.4 Å². The highest BCUT2D eigenvalue weighted by Gasteiger charge is 2.35. The van der Waals surface area contributed by atoms with Crippen molar-refractivity contribution in [1.82, 2.24) is 9.88 Å². The van der Waals surface area contributed by atoms with E-state index in [9.17, 15) is 0 Å². The molecule has 1 aromatic heterocycles. The van der Waals surface area contributed by atoms with E-state index in [4.69, 9.17) is 16.5 Å². The second-order valence-electron chi connectivity index (χ2n) is 13.0. The molecule has 1 saturated heterocycles. The topological polar surface area (TPSA) is 92.9 Å². The molecular weight excluding hydrogens is 601 g/mol. The largest absolute Gasteiger partial charge is 0.402 e. The van der Waals surface area contributed by atoms with Crippen molar-refractivity contribution in [3.63, 3.8) is 0 Å². The molecule has 1 aliphatic carbocycles. The van der Waals surface area contributed by atoms with E-state index < -0.39 is 0 Å². The maximum Gasteiger partial charge on any atom is 0.125 e. The predicted molar refractivity (Wildman–Crippen MR) is 212 cm³/mol. The van der Waals surface area contributed by atoms with E-state index in [1.807, 2.05) is 37.6 Å². The lowest BCUT2D eigenvalue weighted by Crippen LogP contribution is -2.54. The van der Waals surface area contributed by atoms with Crippen molar-refractivity contribution in [1.29, 1.82) is 0 Å². The van der Waals surface area contributed by atoms with E-state index in [-0.39, 0.29) is 0 Å². The minimum absolute atomic E-state index is 0.387. The lowest BCUT2D eigenvalue weighted by atomic mass is 9.88. The van der Waals surface area contributed by atoms with Gasteiger partial charge in [0.2, 0.25) is 0 Å². The lowest BCUT2D eigenvalue weighted by molar-refractivity contribution is 0.00642. The third kappa shape index (κ3) is 13.0. The molecule has 0 saturated carbocycles. The Morgan fingerprint density at radius 2 is 1.90 bits per heavy atom. The van der Waals surface area contributed by atoms with Gasteiger partial charge in [0, 0.05) is 54.9 Å². The maximum absolute atomic E-state index is 5.99. The van der Waals surface area contributed by atoms with Gasteiger partial charge in [0.05, 0.1) is 11.4 Å². The number of nitrogens with two attached hydrogens (primary N) is 2. The molecular formula is C43H56N6. The van der Waals surface area contributed by atoms with E-state index in [1.54, 1.807) is 20.0 Å². The molecule has 6 nitrogen and oxygen atoms in total. The zero-order valence-corrected chi connectivity index (χ0v) is 30.8. The summed E-state index contributed by atoms with van der Waals surface area (Å²) in [6.07, 6.45) is 34.3. The van der Waals surface area contributed by atoms with Crippen LogP contribution in [0.3, 0.4) is 0 Å². The first kappa shape index (κ1) is 38.7. The zero-order valence-electron chi connectivity index (χ0n) is 30.8. The Kier molecular flexibility index (Phi) is 15.7. The SMILES string of the molecule is C/C=C(/C=C(C)\C=C(/C)C1=CC=C=C(/C=C\CC2CC(CC)N2Cc2ccc(/C(C=NC)=C/C=C/C(C)C)nc2)C=C1)\N=C(N)/C=C(/C)N. The van der Waals surface area contributed by atoms with Gasteiger partial charge in [-0.25, -0.2) is 4.99 Å². The maximum atomic E-state index is 5.99. The van der Waals surface area contributed by atoms with Crippen molar-refractivity contribution in [3.05, 3.63) is 148 Å². The molecule has 3 rings (SSSR count). The molecule has 2 aliphatic rings. The van der Waals surface area contributed by atoms with Crippen LogP contribution in [0, 0.1) is 5.92 Å². The molecule has 0 spiro atoms. The lowest BCUT2D eigenvalue weighted by Gasteiger charge is -2.48. The highest BCUT2D eigenvalue weighted by molar-refractivity contribution is 6.09. The molecule has 2 atom stereocenters. The first-order valence-corrected chi connectivity index (χ1v) is 17.4. The average Bonchev–Trinajstić information content (AvgIpc) is 3.30. The molecule has 49 heavy (non-hydrogen) atoms. The Balaban J connectivity index is 1.61. The highest BCUT2D eigenvalue weighted by Crippen LogP contribution is 2.32. The summed E-state index contributed by atoms with van der Waals surface area (Å²) in [6.45, 7) is 15.5. The van der Waals surface area contributed by atoms with Gasteiger partial charge < -0.3 is 11.5 Å². The smallest absolute Gasteiger partial charge is 0.125 e. The quantitative estimate of drug-likeness (QED) is 0.0852. The van der Waals surface area contributed by atoms with Crippen LogP contribution < -0.4 is 11.5 Å². The van der Waals surface area contributed by atoms with Crippen molar-refractivity contribution >= 4 is 17.6 Å². The summed E-state index contributed by atoms with van der Waals surface area (Å²) in [7, 11) is 1.80. The molecule has 6 heteroatoms. The van der Waals surface area contributed by atoms with Gasteiger partial charge in [-0.15, -0.1) is 5.73 Å². The number of pyridine rings is 1. The third-order valence-corrected chi connectivity index (χ3v) is 8.34. The van der Waals surface area contributed by atoms with Crippen LogP contribution in [0.25, 0.3) is 5.57 Å². The monoisotopic (exact) mass is 656 g/mol. The number of allylic oxidation sites excluding steroid dienone is 16.